The molecule has 5 nitrogen and oxygen atoms in total. The predicted molar refractivity (Wildman–Crippen MR) is 97.5 cm³/mol. The molecule has 5 heteroatoms. The smallest absolute Gasteiger partial charge is 0.247 e. The lowest BCUT2D eigenvalue weighted by atomic mass is 9.82. The van der Waals surface area contributed by atoms with E-state index in [0.717, 1.165) is 17.7 Å². The summed E-state index contributed by atoms with van der Waals surface area (Å²) in [5.41, 5.74) is 1.45. The molecule has 132 valence electrons. The number of ether oxygens (including phenoxy) is 1. The molecule has 0 radical (unpaired) electrons. The highest BCUT2D eigenvalue weighted by molar-refractivity contribution is 5.88. The molecule has 3 rings (SSSR count). The van der Waals surface area contributed by atoms with Gasteiger partial charge in [0, 0.05) is 38.0 Å². The number of aromatic nitrogens is 1. The van der Waals surface area contributed by atoms with Crippen molar-refractivity contribution >= 4 is 5.91 Å². The van der Waals surface area contributed by atoms with Gasteiger partial charge >= 0.3 is 0 Å². The van der Waals surface area contributed by atoms with Crippen molar-refractivity contribution in [2.24, 2.45) is 0 Å². The fourth-order valence-electron chi connectivity index (χ4n) is 3.52. The van der Waals surface area contributed by atoms with Gasteiger partial charge in [-0.1, -0.05) is 18.2 Å². The number of amides is 1. The Morgan fingerprint density at radius 2 is 1.88 bits per heavy atom. The van der Waals surface area contributed by atoms with Gasteiger partial charge in [-0.2, -0.15) is 0 Å². The van der Waals surface area contributed by atoms with Gasteiger partial charge in [-0.05, 0) is 44.3 Å². The first-order valence-corrected chi connectivity index (χ1v) is 8.60. The first-order valence-electron chi connectivity index (χ1n) is 8.60. The van der Waals surface area contributed by atoms with Crippen LogP contribution in [0.3, 0.4) is 0 Å². The lowest BCUT2D eigenvalue weighted by Gasteiger charge is -2.44. The van der Waals surface area contributed by atoms with Gasteiger partial charge in [0.25, 0.3) is 0 Å². The van der Waals surface area contributed by atoms with E-state index in [4.69, 9.17) is 4.74 Å². The standard InChI is InChI=1S/C20H25N3O2/c1-22(2)20(11-15-25-18-7-5-4-6-17(18)20)19(24)23(3)14-10-16-8-12-21-13-9-16/h4-9,12-13H,10-11,14-15H2,1-3H3. The van der Waals surface area contributed by atoms with Crippen LogP contribution in [0.2, 0.25) is 0 Å². The normalized spacial score (nSPS) is 19.2. The maximum absolute atomic E-state index is 13.5. The molecule has 0 bridgehead atoms. The molecule has 1 amide bonds. The van der Waals surface area contributed by atoms with Crippen LogP contribution in [-0.4, -0.2) is 55.0 Å². The number of benzene rings is 1. The van der Waals surface area contributed by atoms with E-state index in [-0.39, 0.29) is 5.91 Å². The second-order valence-electron chi connectivity index (χ2n) is 6.68. The van der Waals surface area contributed by atoms with Gasteiger partial charge in [0.1, 0.15) is 11.3 Å². The molecule has 0 fully saturated rings. The van der Waals surface area contributed by atoms with Crippen LogP contribution in [0, 0.1) is 0 Å². The lowest BCUT2D eigenvalue weighted by Crippen LogP contribution is -2.56. The number of nitrogens with zero attached hydrogens (tertiary/aromatic N) is 3. The summed E-state index contributed by atoms with van der Waals surface area (Å²) in [5.74, 6) is 0.917. The first-order chi connectivity index (χ1) is 12.1. The van der Waals surface area contributed by atoms with E-state index in [0.29, 0.717) is 19.6 Å². The number of hydrogen-bond acceptors (Lipinski definition) is 4. The monoisotopic (exact) mass is 339 g/mol. The molecular weight excluding hydrogens is 314 g/mol. The van der Waals surface area contributed by atoms with Gasteiger partial charge in [-0.15, -0.1) is 0 Å². The largest absolute Gasteiger partial charge is 0.493 e. The molecule has 2 heterocycles. The molecule has 1 aromatic carbocycles. The van der Waals surface area contributed by atoms with Crippen LogP contribution < -0.4 is 4.74 Å². The molecule has 25 heavy (non-hydrogen) atoms. The Labute approximate surface area is 149 Å². The Morgan fingerprint density at radius 1 is 1.16 bits per heavy atom. The minimum Gasteiger partial charge on any atom is -0.493 e. The van der Waals surface area contributed by atoms with Gasteiger partial charge < -0.3 is 9.64 Å². The molecular formula is C20H25N3O2. The van der Waals surface area contributed by atoms with E-state index in [1.165, 1.54) is 5.56 Å². The second-order valence-corrected chi connectivity index (χ2v) is 6.68. The minimum atomic E-state index is -0.679. The number of para-hydroxylation sites is 1. The van der Waals surface area contributed by atoms with Crippen LogP contribution in [0.25, 0.3) is 0 Å². The highest BCUT2D eigenvalue weighted by atomic mass is 16.5. The van der Waals surface area contributed by atoms with E-state index in [1.807, 2.05) is 67.3 Å². The zero-order chi connectivity index (χ0) is 17.9. The van der Waals surface area contributed by atoms with E-state index < -0.39 is 5.54 Å². The van der Waals surface area contributed by atoms with Crippen molar-refractivity contribution in [3.63, 3.8) is 0 Å². The number of likely N-dealkylation sites (N-methyl/N-ethyl adjacent to an activating group) is 2. The second kappa shape index (κ2) is 7.23. The molecule has 1 aliphatic rings. The van der Waals surface area contributed by atoms with Crippen LogP contribution in [0.15, 0.2) is 48.8 Å². The molecule has 1 atom stereocenters. The Hall–Kier alpha value is -2.40. The van der Waals surface area contributed by atoms with Gasteiger partial charge in [0.15, 0.2) is 0 Å². The number of pyridine rings is 1. The van der Waals surface area contributed by atoms with E-state index >= 15 is 0 Å². The summed E-state index contributed by atoms with van der Waals surface area (Å²) in [7, 11) is 5.82. The molecule has 0 saturated carbocycles. The molecule has 0 aliphatic carbocycles. The van der Waals surface area contributed by atoms with Gasteiger partial charge in [-0.3, -0.25) is 14.7 Å². The Bertz CT molecular complexity index is 733. The Morgan fingerprint density at radius 3 is 2.60 bits per heavy atom. The van der Waals surface area contributed by atoms with Crippen LogP contribution in [0.1, 0.15) is 17.5 Å². The summed E-state index contributed by atoms with van der Waals surface area (Å²) < 4.78 is 5.78. The third kappa shape index (κ3) is 3.24. The van der Waals surface area contributed by atoms with Crippen LogP contribution in [0.5, 0.6) is 5.75 Å². The lowest BCUT2D eigenvalue weighted by molar-refractivity contribution is -0.144. The highest BCUT2D eigenvalue weighted by Gasteiger charge is 2.47. The van der Waals surface area contributed by atoms with Crippen molar-refractivity contribution in [2.75, 3.05) is 34.3 Å². The zero-order valence-electron chi connectivity index (χ0n) is 15.1. The number of hydrogen-bond donors (Lipinski definition) is 0. The fraction of sp³-hybridized carbons (Fsp3) is 0.400. The molecule has 2 aromatic rings. The van der Waals surface area contributed by atoms with Crippen molar-refractivity contribution in [2.45, 2.75) is 18.4 Å². The summed E-state index contributed by atoms with van der Waals surface area (Å²) in [4.78, 5) is 21.4. The number of carbonyl (C=O) groups excluding carboxylic acids is 1. The average Bonchev–Trinajstić information content (AvgIpc) is 2.65. The van der Waals surface area contributed by atoms with E-state index in [1.54, 1.807) is 12.4 Å². The summed E-state index contributed by atoms with van der Waals surface area (Å²) in [6.45, 7) is 1.21. The third-order valence-corrected chi connectivity index (χ3v) is 5.00. The van der Waals surface area contributed by atoms with E-state index in [2.05, 4.69) is 4.98 Å². The van der Waals surface area contributed by atoms with E-state index in [9.17, 15) is 4.79 Å². The summed E-state index contributed by atoms with van der Waals surface area (Å²) in [6, 6.07) is 11.8. The zero-order valence-corrected chi connectivity index (χ0v) is 15.1. The van der Waals surface area contributed by atoms with Crippen LogP contribution in [-0.2, 0) is 16.8 Å². The SMILES string of the molecule is CN(CCc1ccncc1)C(=O)C1(N(C)C)CCOc2ccccc21. The maximum Gasteiger partial charge on any atom is 0.247 e. The maximum atomic E-state index is 13.5. The summed E-state index contributed by atoms with van der Waals surface area (Å²) >= 11 is 0. The number of carbonyl (C=O) groups is 1. The van der Waals surface area contributed by atoms with Gasteiger partial charge in [0.2, 0.25) is 5.91 Å². The molecule has 1 aliphatic heterocycles. The Kier molecular flexibility index (Phi) is 5.04. The molecule has 1 aromatic heterocycles. The first kappa shape index (κ1) is 17.4. The third-order valence-electron chi connectivity index (χ3n) is 5.00. The van der Waals surface area contributed by atoms with Crippen molar-refractivity contribution in [3.05, 3.63) is 59.9 Å². The minimum absolute atomic E-state index is 0.113. The molecule has 1 unspecified atom stereocenters. The summed E-state index contributed by atoms with van der Waals surface area (Å²) in [6.07, 6.45) is 5.03. The number of rotatable bonds is 5. The molecule has 0 spiro atoms. The van der Waals surface area contributed by atoms with Crippen molar-refractivity contribution < 1.29 is 9.53 Å². The summed E-state index contributed by atoms with van der Waals surface area (Å²) in [5, 5.41) is 0. The van der Waals surface area contributed by atoms with Crippen molar-refractivity contribution in [3.8, 4) is 5.75 Å². The highest BCUT2D eigenvalue weighted by Crippen LogP contribution is 2.41. The number of fused-ring (bicyclic) bond motifs is 1. The Balaban J connectivity index is 1.85. The predicted octanol–water partition coefficient (Wildman–Crippen LogP) is 2.32. The van der Waals surface area contributed by atoms with Crippen LogP contribution in [0.4, 0.5) is 0 Å². The fourth-order valence-corrected chi connectivity index (χ4v) is 3.52. The van der Waals surface area contributed by atoms with Crippen molar-refractivity contribution in [1.29, 1.82) is 0 Å². The average molecular weight is 339 g/mol. The van der Waals surface area contributed by atoms with Gasteiger partial charge in [-0.25, -0.2) is 0 Å². The van der Waals surface area contributed by atoms with Gasteiger partial charge in [0.05, 0.1) is 6.61 Å². The quantitative estimate of drug-likeness (QED) is 0.839. The molecule has 0 saturated heterocycles. The topological polar surface area (TPSA) is 45.7 Å². The van der Waals surface area contributed by atoms with Crippen molar-refractivity contribution in [1.82, 2.24) is 14.8 Å². The molecule has 0 N–H and O–H groups in total. The van der Waals surface area contributed by atoms with Crippen LogP contribution >= 0.6 is 0 Å².